The van der Waals surface area contributed by atoms with Crippen molar-refractivity contribution >= 4 is 22.1 Å². The van der Waals surface area contributed by atoms with E-state index in [1.54, 1.807) is 18.2 Å². The first kappa shape index (κ1) is 19.9. The maximum absolute atomic E-state index is 14.1. The fraction of sp³-hybridized carbons (Fsp3) is 0.300. The highest BCUT2D eigenvalue weighted by atomic mass is 32.2. The molecule has 0 radical (unpaired) electrons. The van der Waals surface area contributed by atoms with Crippen molar-refractivity contribution in [3.63, 3.8) is 0 Å². The molecular formula is C20H20FN3O3S2. The Morgan fingerprint density at radius 1 is 1.17 bits per heavy atom. The van der Waals surface area contributed by atoms with Crippen molar-refractivity contribution in [2.75, 3.05) is 11.5 Å². The van der Waals surface area contributed by atoms with Crippen LogP contribution < -0.4 is 0 Å². The Morgan fingerprint density at radius 3 is 2.59 bits per heavy atom. The Hall–Kier alpha value is -2.36. The van der Waals surface area contributed by atoms with Crippen molar-refractivity contribution in [3.05, 3.63) is 70.8 Å². The van der Waals surface area contributed by atoms with Crippen molar-refractivity contribution in [1.29, 1.82) is 0 Å². The van der Waals surface area contributed by atoms with Gasteiger partial charge >= 0.3 is 0 Å². The average molecular weight is 434 g/mol. The second-order valence-corrected chi connectivity index (χ2v) is 9.66. The van der Waals surface area contributed by atoms with E-state index in [2.05, 4.69) is 5.10 Å². The lowest BCUT2D eigenvalue weighted by Crippen LogP contribution is -2.37. The largest absolute Gasteiger partial charge is 0.409 e. The van der Waals surface area contributed by atoms with E-state index in [4.69, 9.17) is 16.6 Å². The maximum Gasteiger partial charge on any atom is 0.288 e. The number of aromatic nitrogens is 2. The van der Waals surface area contributed by atoms with E-state index in [1.165, 1.54) is 10.7 Å². The van der Waals surface area contributed by atoms with Crippen molar-refractivity contribution in [1.82, 2.24) is 14.7 Å². The number of nitrogens with zero attached hydrogens (tertiary/aromatic N) is 3. The standard InChI is InChI=1S/C20H20FN3O3S2/c21-18-9-5-4-8-17(18)19-22-24(20(28)27-19)14-23(12-15-6-2-1-3-7-15)16-10-11-29(25,26)13-16/h1-9,16H,10-14H2/t16-/m0/s1. The quantitative estimate of drug-likeness (QED) is 0.553. The number of rotatable bonds is 6. The molecule has 1 aromatic heterocycles. The molecule has 1 saturated heterocycles. The molecule has 2 heterocycles. The zero-order chi connectivity index (χ0) is 20.4. The van der Waals surface area contributed by atoms with Gasteiger partial charge in [-0.3, -0.25) is 4.90 Å². The van der Waals surface area contributed by atoms with Gasteiger partial charge in [0.1, 0.15) is 5.82 Å². The Kier molecular flexibility index (Phi) is 5.62. The van der Waals surface area contributed by atoms with Crippen molar-refractivity contribution in [2.45, 2.75) is 25.7 Å². The fourth-order valence-corrected chi connectivity index (χ4v) is 5.43. The van der Waals surface area contributed by atoms with Crippen LogP contribution in [0.1, 0.15) is 12.0 Å². The molecule has 152 valence electrons. The van der Waals surface area contributed by atoms with Gasteiger partial charge in [0.2, 0.25) is 5.89 Å². The molecule has 0 bridgehead atoms. The van der Waals surface area contributed by atoms with E-state index in [1.807, 2.05) is 35.2 Å². The molecule has 0 saturated carbocycles. The molecule has 9 heteroatoms. The summed E-state index contributed by atoms with van der Waals surface area (Å²) in [5.41, 5.74) is 1.29. The van der Waals surface area contributed by atoms with Crippen LogP contribution >= 0.6 is 12.2 Å². The van der Waals surface area contributed by atoms with E-state index >= 15 is 0 Å². The zero-order valence-corrected chi connectivity index (χ0v) is 17.2. The second kappa shape index (κ2) is 8.17. The van der Waals surface area contributed by atoms with Gasteiger partial charge in [-0.25, -0.2) is 17.5 Å². The lowest BCUT2D eigenvalue weighted by atomic mass is 10.1. The molecule has 0 unspecified atom stereocenters. The summed E-state index contributed by atoms with van der Waals surface area (Å²) in [6.45, 7) is 0.802. The van der Waals surface area contributed by atoms with Gasteiger partial charge in [0.15, 0.2) is 9.84 Å². The van der Waals surface area contributed by atoms with Crippen LogP contribution in [0.5, 0.6) is 0 Å². The van der Waals surface area contributed by atoms with E-state index in [0.29, 0.717) is 13.0 Å². The topological polar surface area (TPSA) is 68.3 Å². The zero-order valence-electron chi connectivity index (χ0n) is 15.6. The SMILES string of the molecule is O=S1(=O)CC[C@H](N(Cc2ccccc2)Cn2nc(-c3ccccc3F)oc2=S)C1. The first-order valence-corrected chi connectivity index (χ1v) is 11.5. The molecule has 4 rings (SSSR count). The molecule has 0 N–H and O–H groups in total. The van der Waals surface area contributed by atoms with E-state index in [9.17, 15) is 12.8 Å². The van der Waals surface area contributed by atoms with Gasteiger partial charge < -0.3 is 4.42 Å². The van der Waals surface area contributed by atoms with Crippen LogP contribution in [-0.2, 0) is 23.1 Å². The Balaban J connectivity index is 1.62. The van der Waals surface area contributed by atoms with Crippen LogP contribution in [0.15, 0.2) is 59.0 Å². The molecular weight excluding hydrogens is 413 g/mol. The monoisotopic (exact) mass is 433 g/mol. The highest BCUT2D eigenvalue weighted by molar-refractivity contribution is 7.91. The van der Waals surface area contributed by atoms with E-state index in [0.717, 1.165) is 5.56 Å². The normalized spacial score (nSPS) is 18.3. The fourth-order valence-electron chi connectivity index (χ4n) is 3.49. The molecule has 1 fully saturated rings. The van der Waals surface area contributed by atoms with Crippen LogP contribution in [0.4, 0.5) is 4.39 Å². The highest BCUT2D eigenvalue weighted by Gasteiger charge is 2.33. The third-order valence-corrected chi connectivity index (χ3v) is 7.02. The van der Waals surface area contributed by atoms with E-state index in [-0.39, 0.29) is 40.5 Å². The summed E-state index contributed by atoms with van der Waals surface area (Å²) in [6.07, 6.45) is 0.556. The Morgan fingerprint density at radius 2 is 1.90 bits per heavy atom. The lowest BCUT2D eigenvalue weighted by Gasteiger charge is -2.27. The van der Waals surface area contributed by atoms with Crippen molar-refractivity contribution < 1.29 is 17.2 Å². The first-order chi connectivity index (χ1) is 13.9. The van der Waals surface area contributed by atoms with Crippen LogP contribution in [0.25, 0.3) is 11.5 Å². The van der Waals surface area contributed by atoms with Gasteiger partial charge in [0.05, 0.1) is 23.7 Å². The average Bonchev–Trinajstić information content (AvgIpc) is 3.24. The summed E-state index contributed by atoms with van der Waals surface area (Å²) in [4.78, 5) is 2.14. The third kappa shape index (κ3) is 4.63. The maximum atomic E-state index is 14.1. The number of hydrogen-bond acceptors (Lipinski definition) is 6. The van der Waals surface area contributed by atoms with Gasteiger partial charge in [0.25, 0.3) is 4.84 Å². The van der Waals surface area contributed by atoms with Crippen molar-refractivity contribution in [3.8, 4) is 11.5 Å². The summed E-state index contributed by atoms with van der Waals surface area (Å²) < 4.78 is 45.1. The van der Waals surface area contributed by atoms with Gasteiger partial charge in [-0.15, -0.1) is 5.10 Å². The van der Waals surface area contributed by atoms with Gasteiger partial charge in [-0.1, -0.05) is 42.5 Å². The van der Waals surface area contributed by atoms with Gasteiger partial charge in [-0.05, 0) is 36.3 Å². The number of halogens is 1. The molecule has 6 nitrogen and oxygen atoms in total. The van der Waals surface area contributed by atoms with Crippen molar-refractivity contribution in [2.24, 2.45) is 0 Å². The summed E-state index contributed by atoms with van der Waals surface area (Å²) >= 11 is 5.29. The predicted octanol–water partition coefficient (Wildman–Crippen LogP) is 3.66. The summed E-state index contributed by atoms with van der Waals surface area (Å²) in [5, 5.41) is 4.34. The molecule has 1 aliphatic rings. The smallest absolute Gasteiger partial charge is 0.288 e. The van der Waals surface area contributed by atoms with Crippen LogP contribution in [0.2, 0.25) is 0 Å². The summed E-state index contributed by atoms with van der Waals surface area (Å²) in [7, 11) is -3.05. The summed E-state index contributed by atoms with van der Waals surface area (Å²) in [6, 6.07) is 15.8. The molecule has 0 aliphatic carbocycles. The minimum Gasteiger partial charge on any atom is -0.409 e. The van der Waals surface area contributed by atoms with Gasteiger partial charge in [0, 0.05) is 12.6 Å². The molecule has 29 heavy (non-hydrogen) atoms. The second-order valence-electron chi connectivity index (χ2n) is 7.08. The minimum absolute atomic E-state index is 0.102. The van der Waals surface area contributed by atoms with E-state index < -0.39 is 15.7 Å². The first-order valence-electron chi connectivity index (χ1n) is 9.22. The molecule has 1 atom stereocenters. The van der Waals surface area contributed by atoms with Crippen LogP contribution in [0.3, 0.4) is 0 Å². The highest BCUT2D eigenvalue weighted by Crippen LogP contribution is 2.24. The molecule has 2 aromatic carbocycles. The van der Waals surface area contributed by atoms with Crippen LogP contribution in [0, 0.1) is 10.7 Å². The summed E-state index contributed by atoms with van der Waals surface area (Å²) in [5.74, 6) is -0.0653. The Labute approximate surface area is 173 Å². The predicted molar refractivity (Wildman–Crippen MR) is 110 cm³/mol. The van der Waals surface area contributed by atoms with Gasteiger partial charge in [-0.2, -0.15) is 0 Å². The number of sulfone groups is 1. The third-order valence-electron chi connectivity index (χ3n) is 4.98. The Bertz CT molecular complexity index is 1160. The molecule has 0 spiro atoms. The molecule has 0 amide bonds. The van der Waals surface area contributed by atoms with Crippen LogP contribution in [-0.4, -0.2) is 40.6 Å². The number of hydrogen-bond donors (Lipinski definition) is 0. The molecule has 3 aromatic rings. The minimum atomic E-state index is -3.05. The number of benzene rings is 2. The molecule has 1 aliphatic heterocycles. The lowest BCUT2D eigenvalue weighted by molar-refractivity contribution is 0.144.